The Balaban J connectivity index is 2.82. The van der Waals surface area contributed by atoms with E-state index in [1.807, 2.05) is 12.3 Å². The van der Waals surface area contributed by atoms with Crippen LogP contribution in [0, 0.1) is 17.0 Å². The Kier molecular flexibility index (Phi) is 2.20. The Morgan fingerprint density at radius 1 is 1.50 bits per heavy atom. The molecule has 0 bridgehead atoms. The summed E-state index contributed by atoms with van der Waals surface area (Å²) in [6.07, 6.45) is 0. The van der Waals surface area contributed by atoms with Gasteiger partial charge in [-0.05, 0) is 29.3 Å². The van der Waals surface area contributed by atoms with Gasteiger partial charge in [0.05, 0.1) is 14.5 Å². The summed E-state index contributed by atoms with van der Waals surface area (Å²) in [5.41, 5.74) is 1.21. The highest BCUT2D eigenvalue weighted by molar-refractivity contribution is 7.81. The van der Waals surface area contributed by atoms with E-state index in [0.717, 1.165) is 15.6 Å². The van der Waals surface area contributed by atoms with E-state index in [9.17, 15) is 10.1 Å². The van der Waals surface area contributed by atoms with Crippen LogP contribution in [0.2, 0.25) is 0 Å². The number of thiophene rings is 1. The summed E-state index contributed by atoms with van der Waals surface area (Å²) in [5, 5.41) is 13.7. The van der Waals surface area contributed by atoms with Crippen molar-refractivity contribution < 1.29 is 4.92 Å². The zero-order valence-corrected chi connectivity index (χ0v) is 9.06. The fourth-order valence-electron chi connectivity index (χ4n) is 1.35. The summed E-state index contributed by atoms with van der Waals surface area (Å²) in [5.74, 6) is 0. The largest absolute Gasteiger partial charge is 0.284 e. The van der Waals surface area contributed by atoms with Gasteiger partial charge in [-0.15, -0.1) is 24.0 Å². The maximum Gasteiger partial charge on any atom is 0.284 e. The molecule has 1 heterocycles. The highest BCUT2D eigenvalue weighted by atomic mass is 32.1. The first-order valence-corrected chi connectivity index (χ1v) is 5.28. The lowest BCUT2D eigenvalue weighted by atomic mass is 10.2. The summed E-state index contributed by atoms with van der Waals surface area (Å²) in [6, 6.07) is 3.28. The van der Waals surface area contributed by atoms with Crippen LogP contribution in [-0.2, 0) is 0 Å². The van der Waals surface area contributed by atoms with Crippen LogP contribution in [0.1, 0.15) is 5.56 Å². The van der Waals surface area contributed by atoms with Crippen LogP contribution >= 0.6 is 24.0 Å². The molecular weight excluding hydrogens is 218 g/mol. The lowest BCUT2D eigenvalue weighted by Gasteiger charge is -1.97. The van der Waals surface area contributed by atoms with Crippen LogP contribution in [0.15, 0.2) is 22.4 Å². The molecule has 1 aromatic carbocycles. The van der Waals surface area contributed by atoms with Crippen LogP contribution in [-0.4, -0.2) is 4.92 Å². The Bertz CT molecular complexity index is 519. The molecule has 3 nitrogen and oxygen atoms in total. The first-order chi connectivity index (χ1) is 6.61. The fraction of sp³-hybridized carbons (Fsp3) is 0.111. The third-order valence-corrected chi connectivity index (χ3v) is 3.82. The summed E-state index contributed by atoms with van der Waals surface area (Å²) >= 11 is 5.68. The van der Waals surface area contributed by atoms with Gasteiger partial charge in [-0.3, -0.25) is 10.1 Å². The molecular formula is C9H7NO2S2. The molecule has 0 unspecified atom stereocenters. The Hall–Kier alpha value is -1.07. The number of aryl methyl sites for hydroxylation is 1. The Morgan fingerprint density at radius 2 is 2.21 bits per heavy atom. The number of benzene rings is 1. The number of nitro benzene ring substituents is 1. The van der Waals surface area contributed by atoms with Crippen molar-refractivity contribution in [2.45, 2.75) is 11.8 Å². The van der Waals surface area contributed by atoms with Crippen LogP contribution in [0.3, 0.4) is 0 Å². The van der Waals surface area contributed by atoms with Crippen molar-refractivity contribution in [3.63, 3.8) is 0 Å². The second-order valence-corrected chi connectivity index (χ2v) is 4.31. The number of nitrogens with zero attached hydrogens (tertiary/aromatic N) is 1. The molecule has 1 aromatic heterocycles. The van der Waals surface area contributed by atoms with Crippen molar-refractivity contribution in [2.75, 3.05) is 0 Å². The third kappa shape index (κ3) is 1.29. The third-order valence-electron chi connectivity index (χ3n) is 2.09. The summed E-state index contributed by atoms with van der Waals surface area (Å²) < 4.78 is 0.889. The second kappa shape index (κ2) is 3.25. The average molecular weight is 225 g/mol. The first kappa shape index (κ1) is 9.48. The summed E-state index contributed by atoms with van der Waals surface area (Å²) in [7, 11) is 0. The van der Waals surface area contributed by atoms with Crippen molar-refractivity contribution >= 4 is 39.7 Å². The molecule has 0 fully saturated rings. The molecule has 5 heteroatoms. The van der Waals surface area contributed by atoms with Gasteiger partial charge in [-0.25, -0.2) is 0 Å². The smallest absolute Gasteiger partial charge is 0.258 e. The van der Waals surface area contributed by atoms with Gasteiger partial charge >= 0.3 is 0 Å². The molecule has 14 heavy (non-hydrogen) atoms. The van der Waals surface area contributed by atoms with E-state index >= 15 is 0 Å². The fourth-order valence-corrected chi connectivity index (χ4v) is 2.78. The van der Waals surface area contributed by atoms with E-state index < -0.39 is 4.92 Å². The second-order valence-electron chi connectivity index (χ2n) is 2.99. The summed E-state index contributed by atoms with van der Waals surface area (Å²) in [4.78, 5) is 10.7. The van der Waals surface area contributed by atoms with E-state index in [4.69, 9.17) is 0 Å². The van der Waals surface area contributed by atoms with Gasteiger partial charge in [-0.1, -0.05) is 0 Å². The van der Waals surface area contributed by atoms with Crippen LogP contribution < -0.4 is 0 Å². The number of rotatable bonds is 1. The minimum absolute atomic E-state index is 0.0719. The molecule has 0 atom stereocenters. The van der Waals surface area contributed by atoms with E-state index in [1.54, 1.807) is 6.07 Å². The van der Waals surface area contributed by atoms with Gasteiger partial charge in [0.1, 0.15) is 0 Å². The van der Waals surface area contributed by atoms with E-state index in [1.165, 1.54) is 17.4 Å². The predicted octanol–water partition coefficient (Wildman–Crippen LogP) is 3.41. The molecule has 0 radical (unpaired) electrons. The highest BCUT2D eigenvalue weighted by Crippen LogP contribution is 2.36. The minimum Gasteiger partial charge on any atom is -0.258 e. The standard InChI is InChI=1S/C9H7NO2S2/c1-5-4-14-9-6(5)2-3-7(8(9)13)10(11)12/h2-4,13H,1H3. The molecule has 0 saturated carbocycles. The van der Waals surface area contributed by atoms with Gasteiger partial charge < -0.3 is 0 Å². The maximum absolute atomic E-state index is 10.6. The Morgan fingerprint density at radius 3 is 2.86 bits per heavy atom. The molecule has 72 valence electrons. The van der Waals surface area contributed by atoms with E-state index in [2.05, 4.69) is 12.6 Å². The van der Waals surface area contributed by atoms with Gasteiger partial charge in [0.2, 0.25) is 0 Å². The van der Waals surface area contributed by atoms with Gasteiger partial charge in [-0.2, -0.15) is 0 Å². The first-order valence-electron chi connectivity index (χ1n) is 3.95. The zero-order chi connectivity index (χ0) is 10.3. The topological polar surface area (TPSA) is 43.1 Å². The van der Waals surface area contributed by atoms with E-state index in [0.29, 0.717) is 4.90 Å². The molecule has 2 rings (SSSR count). The minimum atomic E-state index is -0.406. The summed E-state index contributed by atoms with van der Waals surface area (Å²) in [6.45, 7) is 1.98. The van der Waals surface area contributed by atoms with Crippen molar-refractivity contribution in [2.24, 2.45) is 0 Å². The van der Waals surface area contributed by atoms with E-state index in [-0.39, 0.29) is 5.69 Å². The quantitative estimate of drug-likeness (QED) is 0.459. The van der Waals surface area contributed by atoms with Crippen LogP contribution in [0.5, 0.6) is 0 Å². The lowest BCUT2D eigenvalue weighted by molar-refractivity contribution is -0.387. The number of fused-ring (bicyclic) bond motifs is 1. The Labute approximate surface area is 89.9 Å². The molecule has 0 amide bonds. The van der Waals surface area contributed by atoms with Crippen molar-refractivity contribution in [1.82, 2.24) is 0 Å². The molecule has 0 aliphatic heterocycles. The maximum atomic E-state index is 10.6. The van der Waals surface area contributed by atoms with Crippen molar-refractivity contribution in [3.8, 4) is 0 Å². The predicted molar refractivity (Wildman–Crippen MR) is 60.5 cm³/mol. The number of hydrogen-bond acceptors (Lipinski definition) is 4. The van der Waals surface area contributed by atoms with Crippen LogP contribution in [0.4, 0.5) is 5.69 Å². The number of nitro groups is 1. The normalized spacial score (nSPS) is 10.7. The van der Waals surface area contributed by atoms with Gasteiger partial charge in [0.25, 0.3) is 5.69 Å². The highest BCUT2D eigenvalue weighted by Gasteiger charge is 2.15. The van der Waals surface area contributed by atoms with Crippen molar-refractivity contribution in [3.05, 3.63) is 33.2 Å². The lowest BCUT2D eigenvalue weighted by Crippen LogP contribution is -1.88. The van der Waals surface area contributed by atoms with Gasteiger partial charge in [0.15, 0.2) is 0 Å². The van der Waals surface area contributed by atoms with Crippen molar-refractivity contribution in [1.29, 1.82) is 0 Å². The average Bonchev–Trinajstić information content (AvgIpc) is 2.49. The molecule has 2 aromatic rings. The molecule has 0 N–H and O–H groups in total. The molecule has 0 aliphatic rings. The number of thiol groups is 1. The SMILES string of the molecule is Cc1csc2c(S)c([N+](=O)[O-])ccc12. The van der Waals surface area contributed by atoms with Crippen LogP contribution in [0.25, 0.3) is 10.1 Å². The molecule has 0 spiro atoms. The van der Waals surface area contributed by atoms with Gasteiger partial charge in [0, 0.05) is 6.07 Å². The zero-order valence-electron chi connectivity index (χ0n) is 7.35. The monoisotopic (exact) mass is 225 g/mol. The number of hydrogen-bond donors (Lipinski definition) is 1. The molecule has 0 saturated heterocycles. The molecule has 0 aliphatic carbocycles.